The second kappa shape index (κ2) is 12.2. The van der Waals surface area contributed by atoms with Crippen molar-refractivity contribution in [1.29, 1.82) is 0 Å². The van der Waals surface area contributed by atoms with Crippen molar-refractivity contribution in [3.8, 4) is 11.5 Å². The molecule has 0 heterocycles. The molecule has 0 unspecified atom stereocenters. The third kappa shape index (κ3) is 8.74. The van der Waals surface area contributed by atoms with E-state index in [0.29, 0.717) is 11.1 Å². The lowest BCUT2D eigenvalue weighted by atomic mass is 9.84. The molecule has 0 aliphatic heterocycles. The molecule has 8 nitrogen and oxygen atoms in total. The Bertz CT molecular complexity index is 1070. The molecule has 0 spiro atoms. The molecule has 0 saturated heterocycles. The summed E-state index contributed by atoms with van der Waals surface area (Å²) in [5.41, 5.74) is 4.49. The van der Waals surface area contributed by atoms with Crippen LogP contribution < -0.4 is 0 Å². The molecular formula is C30H44N2O6. The maximum absolute atomic E-state index is 11.7. The molecule has 0 fully saturated rings. The van der Waals surface area contributed by atoms with Crippen molar-refractivity contribution in [3.05, 3.63) is 57.6 Å². The van der Waals surface area contributed by atoms with E-state index in [2.05, 4.69) is 41.5 Å². The number of phenols is 2. The minimum absolute atomic E-state index is 0.134. The Morgan fingerprint density at radius 1 is 0.658 bits per heavy atom. The zero-order valence-electron chi connectivity index (χ0n) is 24.1. The Labute approximate surface area is 226 Å². The topological polar surface area (TPSA) is 122 Å². The number of aromatic hydroxyl groups is 2. The Hall–Kier alpha value is -3.10. The van der Waals surface area contributed by atoms with Gasteiger partial charge in [-0.05, 0) is 46.9 Å². The van der Waals surface area contributed by atoms with E-state index < -0.39 is 11.9 Å². The van der Waals surface area contributed by atoms with Crippen molar-refractivity contribution < 1.29 is 30.0 Å². The summed E-state index contributed by atoms with van der Waals surface area (Å²) < 4.78 is 0. The van der Waals surface area contributed by atoms with Crippen LogP contribution in [0.3, 0.4) is 0 Å². The highest BCUT2D eigenvalue weighted by atomic mass is 16.4. The summed E-state index contributed by atoms with van der Waals surface area (Å²) in [7, 11) is 0. The van der Waals surface area contributed by atoms with E-state index >= 15 is 0 Å². The molecule has 8 heteroatoms. The lowest BCUT2D eigenvalue weighted by Crippen LogP contribution is -2.39. The van der Waals surface area contributed by atoms with E-state index in [9.17, 15) is 30.0 Å². The molecule has 4 N–H and O–H groups in total. The van der Waals surface area contributed by atoms with Crippen LogP contribution in [-0.2, 0) is 33.5 Å². The quantitative estimate of drug-likeness (QED) is 0.329. The van der Waals surface area contributed by atoms with E-state index in [1.54, 1.807) is 9.80 Å². The summed E-state index contributed by atoms with van der Waals surface area (Å²) in [6.45, 7) is 16.5. The van der Waals surface area contributed by atoms with Gasteiger partial charge in [-0.3, -0.25) is 19.4 Å². The highest BCUT2D eigenvalue weighted by Crippen LogP contribution is 2.33. The van der Waals surface area contributed by atoms with Crippen LogP contribution in [0.1, 0.15) is 74.9 Å². The van der Waals surface area contributed by atoms with Crippen LogP contribution in [-0.4, -0.2) is 68.3 Å². The van der Waals surface area contributed by atoms with E-state index in [0.717, 1.165) is 22.3 Å². The fourth-order valence-electron chi connectivity index (χ4n) is 4.39. The molecule has 0 bridgehead atoms. The van der Waals surface area contributed by atoms with Gasteiger partial charge in [0.15, 0.2) is 0 Å². The van der Waals surface area contributed by atoms with Crippen LogP contribution in [0.15, 0.2) is 24.3 Å². The van der Waals surface area contributed by atoms with Gasteiger partial charge in [0.05, 0.1) is 13.1 Å². The molecule has 0 aliphatic rings. The van der Waals surface area contributed by atoms with Crippen molar-refractivity contribution in [2.24, 2.45) is 0 Å². The van der Waals surface area contributed by atoms with Gasteiger partial charge >= 0.3 is 11.9 Å². The van der Waals surface area contributed by atoms with Crippen LogP contribution in [0.2, 0.25) is 0 Å². The van der Waals surface area contributed by atoms with E-state index in [1.807, 2.05) is 38.1 Å². The Morgan fingerprint density at radius 2 is 0.974 bits per heavy atom. The van der Waals surface area contributed by atoms with Gasteiger partial charge in [0.2, 0.25) is 0 Å². The number of hydrogen-bond acceptors (Lipinski definition) is 6. The molecule has 0 radical (unpaired) electrons. The number of carboxylic acid groups (broad SMARTS) is 2. The summed E-state index contributed by atoms with van der Waals surface area (Å²) in [5, 5.41) is 40.5. The number of carboxylic acids is 2. The number of hydrogen-bond donors (Lipinski definition) is 4. The molecule has 38 heavy (non-hydrogen) atoms. The monoisotopic (exact) mass is 528 g/mol. The van der Waals surface area contributed by atoms with E-state index in [-0.39, 0.29) is 61.6 Å². The predicted octanol–water partition coefficient (Wildman–Crippen LogP) is 4.78. The molecule has 0 aromatic heterocycles. The number of aliphatic carboxylic acids is 2. The first-order valence-corrected chi connectivity index (χ1v) is 12.9. The number of benzene rings is 2. The van der Waals surface area contributed by atoms with Crippen molar-refractivity contribution in [3.63, 3.8) is 0 Å². The molecule has 0 amide bonds. The standard InChI is InChI=1S/C30H44N2O6/c1-19-11-23(29(3,4)5)13-21(27(19)37)15-31(17-25(33)34)9-10-32(18-26(35)36)16-22-14-24(30(6,7)8)12-20(2)28(22)38/h11-14,37-38H,9-10,15-18H2,1-8H3,(H,33,34)(H,35,36). The fourth-order valence-corrected chi connectivity index (χ4v) is 4.39. The van der Waals surface area contributed by atoms with Gasteiger partial charge in [0, 0.05) is 37.3 Å². The fraction of sp³-hybridized carbons (Fsp3) is 0.533. The van der Waals surface area contributed by atoms with Gasteiger partial charge in [0.1, 0.15) is 11.5 Å². The van der Waals surface area contributed by atoms with Crippen molar-refractivity contribution in [2.75, 3.05) is 26.2 Å². The summed E-state index contributed by atoms with van der Waals surface area (Å²) in [5.74, 6) is -1.75. The first-order chi connectivity index (χ1) is 17.4. The minimum Gasteiger partial charge on any atom is -0.507 e. The van der Waals surface area contributed by atoms with Crippen LogP contribution in [0, 0.1) is 13.8 Å². The van der Waals surface area contributed by atoms with Crippen molar-refractivity contribution in [1.82, 2.24) is 9.80 Å². The first-order valence-electron chi connectivity index (χ1n) is 12.9. The zero-order chi connectivity index (χ0) is 29.0. The number of rotatable bonds is 11. The normalized spacial score (nSPS) is 12.4. The summed E-state index contributed by atoms with van der Waals surface area (Å²) in [6, 6.07) is 7.69. The number of carbonyl (C=O) groups is 2. The maximum Gasteiger partial charge on any atom is 0.317 e. The summed E-state index contributed by atoms with van der Waals surface area (Å²) in [6.07, 6.45) is 0. The minimum atomic E-state index is -1.01. The zero-order valence-corrected chi connectivity index (χ0v) is 24.1. The van der Waals surface area contributed by atoms with Crippen LogP contribution in [0.4, 0.5) is 0 Å². The Kier molecular flexibility index (Phi) is 9.97. The maximum atomic E-state index is 11.7. The first kappa shape index (κ1) is 31.1. The second-order valence-corrected chi connectivity index (χ2v) is 12.3. The third-order valence-corrected chi connectivity index (χ3v) is 6.73. The van der Waals surface area contributed by atoms with Gasteiger partial charge in [-0.1, -0.05) is 65.8 Å². The summed E-state index contributed by atoms with van der Waals surface area (Å²) >= 11 is 0. The average molecular weight is 529 g/mol. The Morgan fingerprint density at radius 3 is 1.24 bits per heavy atom. The lowest BCUT2D eigenvalue weighted by Gasteiger charge is -2.28. The number of nitrogens with zero attached hydrogens (tertiary/aromatic N) is 2. The molecule has 0 saturated carbocycles. The molecule has 0 atom stereocenters. The number of phenolic OH excluding ortho intramolecular Hbond substituents is 2. The van der Waals surface area contributed by atoms with Crippen molar-refractivity contribution >= 4 is 11.9 Å². The molecule has 210 valence electrons. The largest absolute Gasteiger partial charge is 0.507 e. The second-order valence-electron chi connectivity index (χ2n) is 12.3. The van der Waals surface area contributed by atoms with Gasteiger partial charge in [-0.2, -0.15) is 0 Å². The van der Waals surface area contributed by atoms with Gasteiger partial charge in [0.25, 0.3) is 0 Å². The van der Waals surface area contributed by atoms with Crippen molar-refractivity contribution in [2.45, 2.75) is 79.3 Å². The van der Waals surface area contributed by atoms with Crippen LogP contribution >= 0.6 is 0 Å². The highest BCUT2D eigenvalue weighted by Gasteiger charge is 2.22. The number of aryl methyl sites for hydroxylation is 2. The van der Waals surface area contributed by atoms with Crippen LogP contribution in [0.25, 0.3) is 0 Å². The Balaban J connectivity index is 2.32. The molecular weight excluding hydrogens is 484 g/mol. The third-order valence-electron chi connectivity index (χ3n) is 6.73. The van der Waals surface area contributed by atoms with E-state index in [1.165, 1.54) is 0 Å². The van der Waals surface area contributed by atoms with Crippen LogP contribution in [0.5, 0.6) is 11.5 Å². The highest BCUT2D eigenvalue weighted by molar-refractivity contribution is 5.69. The predicted molar refractivity (Wildman–Crippen MR) is 149 cm³/mol. The van der Waals surface area contributed by atoms with Gasteiger partial charge < -0.3 is 20.4 Å². The molecule has 2 rings (SSSR count). The smallest absolute Gasteiger partial charge is 0.317 e. The van der Waals surface area contributed by atoms with Gasteiger partial charge in [-0.25, -0.2) is 0 Å². The van der Waals surface area contributed by atoms with E-state index in [4.69, 9.17) is 0 Å². The average Bonchev–Trinajstić information content (AvgIpc) is 2.75. The molecule has 2 aromatic carbocycles. The lowest BCUT2D eigenvalue weighted by molar-refractivity contribution is -0.140. The SMILES string of the molecule is Cc1cc(C(C)(C)C)cc(CN(CCN(CC(=O)O)Cc2cc(C(C)(C)C)cc(C)c2O)CC(=O)O)c1O. The molecule has 0 aliphatic carbocycles. The summed E-state index contributed by atoms with van der Waals surface area (Å²) in [4.78, 5) is 26.7. The van der Waals surface area contributed by atoms with Gasteiger partial charge in [-0.15, -0.1) is 0 Å². The molecule has 2 aromatic rings.